The fourth-order valence-electron chi connectivity index (χ4n) is 1.71. The van der Waals surface area contributed by atoms with Gasteiger partial charge in [-0.25, -0.2) is 0 Å². The maximum atomic E-state index is 11.4. The molecule has 0 spiro atoms. The summed E-state index contributed by atoms with van der Waals surface area (Å²) in [6, 6.07) is 3.78. The van der Waals surface area contributed by atoms with Crippen LogP contribution in [-0.4, -0.2) is 5.78 Å². The van der Waals surface area contributed by atoms with Crippen LogP contribution >= 0.6 is 11.6 Å². The van der Waals surface area contributed by atoms with E-state index in [-0.39, 0.29) is 5.78 Å². The second-order valence-electron chi connectivity index (χ2n) is 3.14. The van der Waals surface area contributed by atoms with Crippen molar-refractivity contribution in [2.24, 2.45) is 0 Å². The molecule has 0 amide bonds. The van der Waals surface area contributed by atoms with E-state index in [9.17, 15) is 4.79 Å². The highest BCUT2D eigenvalue weighted by molar-refractivity contribution is 6.34. The lowest BCUT2D eigenvalue weighted by Crippen LogP contribution is -1.93. The topological polar surface area (TPSA) is 17.1 Å². The highest BCUT2D eigenvalue weighted by Crippen LogP contribution is 2.30. The van der Waals surface area contributed by atoms with Crippen LogP contribution in [0.15, 0.2) is 12.1 Å². The number of aryl methyl sites for hydroxylation is 1. The van der Waals surface area contributed by atoms with Gasteiger partial charge in [0.2, 0.25) is 0 Å². The first kappa shape index (κ1) is 7.81. The Morgan fingerprint density at radius 1 is 1.33 bits per heavy atom. The summed E-state index contributed by atoms with van der Waals surface area (Å²) in [6.07, 6.45) is 1.49. The van der Waals surface area contributed by atoms with Gasteiger partial charge in [0.05, 0.1) is 5.02 Å². The smallest absolute Gasteiger partial charge is 0.164 e. The Hall–Kier alpha value is -0.820. The second-order valence-corrected chi connectivity index (χ2v) is 3.55. The second kappa shape index (κ2) is 2.60. The van der Waals surface area contributed by atoms with E-state index in [1.165, 1.54) is 5.56 Å². The highest BCUT2D eigenvalue weighted by atomic mass is 35.5. The number of hydrogen-bond acceptors (Lipinski definition) is 1. The zero-order valence-corrected chi connectivity index (χ0v) is 7.61. The highest BCUT2D eigenvalue weighted by Gasteiger charge is 2.23. The first-order chi connectivity index (χ1) is 5.70. The molecule has 1 aliphatic carbocycles. The molecule has 62 valence electrons. The summed E-state index contributed by atoms with van der Waals surface area (Å²) < 4.78 is 0. The molecular formula is C10H9ClO. The van der Waals surface area contributed by atoms with E-state index in [0.29, 0.717) is 11.4 Å². The summed E-state index contributed by atoms with van der Waals surface area (Å²) in [5.74, 6) is 0.193. The molecule has 0 N–H and O–H groups in total. The zero-order chi connectivity index (χ0) is 8.72. The molecule has 2 rings (SSSR count). The molecule has 0 heterocycles. The number of carbonyl (C=O) groups is 1. The van der Waals surface area contributed by atoms with Crippen molar-refractivity contribution in [2.45, 2.75) is 19.8 Å². The Bertz CT molecular complexity index is 355. The molecule has 1 aromatic rings. The van der Waals surface area contributed by atoms with Gasteiger partial charge < -0.3 is 0 Å². The van der Waals surface area contributed by atoms with Crippen molar-refractivity contribution >= 4 is 17.4 Å². The van der Waals surface area contributed by atoms with Crippen LogP contribution < -0.4 is 0 Å². The maximum absolute atomic E-state index is 11.4. The lowest BCUT2D eigenvalue weighted by Gasteiger charge is -2.03. The van der Waals surface area contributed by atoms with E-state index in [0.717, 1.165) is 17.5 Å². The van der Waals surface area contributed by atoms with Gasteiger partial charge in [-0.05, 0) is 30.5 Å². The fourth-order valence-corrected chi connectivity index (χ4v) is 1.99. The molecule has 0 fully saturated rings. The normalized spacial score (nSPS) is 15.0. The Balaban J connectivity index is 2.72. The van der Waals surface area contributed by atoms with Gasteiger partial charge in [0.1, 0.15) is 0 Å². The molecule has 1 aromatic carbocycles. The number of Topliss-reactive ketones (excluding diaryl/α,β-unsaturated/α-hetero) is 1. The Kier molecular flexibility index (Phi) is 1.69. The van der Waals surface area contributed by atoms with Crippen molar-refractivity contribution in [2.75, 3.05) is 0 Å². The van der Waals surface area contributed by atoms with E-state index in [1.54, 1.807) is 6.07 Å². The minimum atomic E-state index is 0.193. The molecular weight excluding hydrogens is 172 g/mol. The molecule has 12 heavy (non-hydrogen) atoms. The van der Waals surface area contributed by atoms with Crippen LogP contribution in [0, 0.1) is 6.92 Å². The van der Waals surface area contributed by atoms with Gasteiger partial charge >= 0.3 is 0 Å². The molecule has 0 saturated heterocycles. The fraction of sp³-hybridized carbons (Fsp3) is 0.300. The summed E-state index contributed by atoms with van der Waals surface area (Å²) in [5, 5.41) is 0.609. The van der Waals surface area contributed by atoms with Crippen molar-refractivity contribution in [3.8, 4) is 0 Å². The standard InChI is InChI=1S/C10H9ClO/c1-6-2-4-8(11)10-7(6)3-5-9(10)12/h2,4H,3,5H2,1H3. The number of benzene rings is 1. The molecule has 2 heteroatoms. The summed E-state index contributed by atoms with van der Waals surface area (Å²) in [5.41, 5.74) is 3.09. The number of ketones is 1. The lowest BCUT2D eigenvalue weighted by molar-refractivity contribution is 0.0994. The van der Waals surface area contributed by atoms with Gasteiger partial charge in [-0.3, -0.25) is 4.79 Å². The third kappa shape index (κ3) is 0.969. The number of halogens is 1. The molecule has 0 bridgehead atoms. The van der Waals surface area contributed by atoms with Crippen LogP contribution in [0.3, 0.4) is 0 Å². The van der Waals surface area contributed by atoms with Crippen LogP contribution in [0.25, 0.3) is 0 Å². The van der Waals surface area contributed by atoms with E-state index in [1.807, 2.05) is 13.0 Å². The summed E-state index contributed by atoms with van der Waals surface area (Å²) in [4.78, 5) is 11.4. The van der Waals surface area contributed by atoms with Crippen molar-refractivity contribution in [3.63, 3.8) is 0 Å². The predicted octanol–water partition coefficient (Wildman–Crippen LogP) is 2.78. The molecule has 0 saturated carbocycles. The zero-order valence-electron chi connectivity index (χ0n) is 6.86. The van der Waals surface area contributed by atoms with E-state index < -0.39 is 0 Å². The third-order valence-corrected chi connectivity index (χ3v) is 2.69. The number of rotatable bonds is 0. The van der Waals surface area contributed by atoms with Crippen molar-refractivity contribution in [3.05, 3.63) is 33.8 Å². The van der Waals surface area contributed by atoms with Gasteiger partial charge in [-0.2, -0.15) is 0 Å². The van der Waals surface area contributed by atoms with Crippen molar-refractivity contribution < 1.29 is 4.79 Å². The number of fused-ring (bicyclic) bond motifs is 1. The maximum Gasteiger partial charge on any atom is 0.164 e. The van der Waals surface area contributed by atoms with E-state index in [2.05, 4.69) is 0 Å². The van der Waals surface area contributed by atoms with Crippen LogP contribution in [0.2, 0.25) is 5.02 Å². The molecule has 0 aliphatic heterocycles. The summed E-state index contributed by atoms with van der Waals surface area (Å²) in [6.45, 7) is 2.02. The molecule has 0 atom stereocenters. The van der Waals surface area contributed by atoms with Crippen molar-refractivity contribution in [1.82, 2.24) is 0 Å². The Morgan fingerprint density at radius 3 is 2.75 bits per heavy atom. The lowest BCUT2D eigenvalue weighted by atomic mass is 10.0. The van der Waals surface area contributed by atoms with Crippen LogP contribution in [0.4, 0.5) is 0 Å². The van der Waals surface area contributed by atoms with Crippen LogP contribution in [-0.2, 0) is 6.42 Å². The SMILES string of the molecule is Cc1ccc(Cl)c2c1CCC2=O. The summed E-state index contributed by atoms with van der Waals surface area (Å²) in [7, 11) is 0. The molecule has 0 radical (unpaired) electrons. The summed E-state index contributed by atoms with van der Waals surface area (Å²) >= 11 is 5.92. The third-order valence-electron chi connectivity index (χ3n) is 2.38. The molecule has 0 unspecified atom stereocenters. The first-order valence-corrected chi connectivity index (χ1v) is 4.39. The average molecular weight is 181 g/mol. The van der Waals surface area contributed by atoms with Gasteiger partial charge in [0.15, 0.2) is 5.78 Å². The van der Waals surface area contributed by atoms with Gasteiger partial charge in [0.25, 0.3) is 0 Å². The Labute approximate surface area is 76.4 Å². The van der Waals surface area contributed by atoms with Gasteiger partial charge in [-0.1, -0.05) is 17.7 Å². The first-order valence-electron chi connectivity index (χ1n) is 4.01. The molecule has 1 aliphatic rings. The predicted molar refractivity (Wildman–Crippen MR) is 48.8 cm³/mol. The van der Waals surface area contributed by atoms with Crippen molar-refractivity contribution in [1.29, 1.82) is 0 Å². The minimum Gasteiger partial charge on any atom is -0.294 e. The number of hydrogen-bond donors (Lipinski definition) is 0. The monoisotopic (exact) mass is 180 g/mol. The van der Waals surface area contributed by atoms with E-state index in [4.69, 9.17) is 11.6 Å². The molecule has 0 aromatic heterocycles. The minimum absolute atomic E-state index is 0.193. The van der Waals surface area contributed by atoms with Crippen LogP contribution in [0.1, 0.15) is 27.9 Å². The molecule has 1 nitrogen and oxygen atoms in total. The van der Waals surface area contributed by atoms with Gasteiger partial charge in [-0.15, -0.1) is 0 Å². The average Bonchev–Trinajstić information content (AvgIpc) is 2.42. The van der Waals surface area contributed by atoms with Crippen LogP contribution in [0.5, 0.6) is 0 Å². The number of carbonyl (C=O) groups excluding carboxylic acids is 1. The Morgan fingerprint density at radius 2 is 2.08 bits per heavy atom. The van der Waals surface area contributed by atoms with E-state index >= 15 is 0 Å². The largest absolute Gasteiger partial charge is 0.294 e. The quantitative estimate of drug-likeness (QED) is 0.600. The van der Waals surface area contributed by atoms with Gasteiger partial charge in [0, 0.05) is 12.0 Å².